The van der Waals surface area contributed by atoms with Crippen LogP contribution >= 0.6 is 11.8 Å². The number of ether oxygens (including phenoxy) is 2. The molecular weight excluding hydrogens is 334 g/mol. The molecule has 3 rings (SSSR count). The molecule has 0 bridgehead atoms. The molecule has 1 aromatic carbocycles. The second-order valence-corrected chi connectivity index (χ2v) is 6.26. The number of aliphatic carboxylic acids is 1. The quantitative estimate of drug-likeness (QED) is 0.621. The van der Waals surface area contributed by atoms with E-state index < -0.39 is 5.97 Å². The van der Waals surface area contributed by atoms with Crippen LogP contribution in [0.2, 0.25) is 0 Å². The maximum atomic E-state index is 11.3. The summed E-state index contributed by atoms with van der Waals surface area (Å²) in [5, 5.41) is 18.7. The van der Waals surface area contributed by atoms with E-state index in [2.05, 4.69) is 15.5 Å². The number of amides is 1. The third-order valence-corrected chi connectivity index (χ3v) is 3.94. The highest BCUT2D eigenvalue weighted by Crippen LogP contribution is 2.32. The van der Waals surface area contributed by atoms with Crippen LogP contribution in [0.3, 0.4) is 0 Å². The Morgan fingerprint density at radius 1 is 1.33 bits per heavy atom. The fourth-order valence-electron chi connectivity index (χ4n) is 1.81. The van der Waals surface area contributed by atoms with Gasteiger partial charge < -0.3 is 19.9 Å². The molecule has 1 saturated heterocycles. The summed E-state index contributed by atoms with van der Waals surface area (Å²) in [4.78, 5) is 20.3. The van der Waals surface area contributed by atoms with Crippen molar-refractivity contribution in [2.24, 2.45) is 10.2 Å². The molecule has 2 aliphatic rings. The van der Waals surface area contributed by atoms with E-state index in [-0.39, 0.29) is 18.0 Å². The number of benzene rings is 1. The molecule has 2 aliphatic heterocycles. The van der Waals surface area contributed by atoms with Gasteiger partial charge >= 0.3 is 0 Å². The number of amidine groups is 1. The Morgan fingerprint density at radius 2 is 2.00 bits per heavy atom. The zero-order valence-corrected chi connectivity index (χ0v) is 14.2. The van der Waals surface area contributed by atoms with Gasteiger partial charge in [-0.25, -0.2) is 0 Å². The van der Waals surface area contributed by atoms with Crippen molar-refractivity contribution >= 4 is 34.5 Å². The number of carboxylic acid groups (broad SMARTS) is 1. The van der Waals surface area contributed by atoms with Crippen molar-refractivity contribution in [2.75, 3.05) is 6.79 Å². The molecule has 1 aromatic rings. The van der Waals surface area contributed by atoms with Crippen LogP contribution in [0.25, 0.3) is 0 Å². The van der Waals surface area contributed by atoms with Crippen LogP contribution in [0.4, 0.5) is 0 Å². The van der Waals surface area contributed by atoms with Gasteiger partial charge in [0.05, 0.1) is 11.0 Å². The summed E-state index contributed by atoms with van der Waals surface area (Å²) in [5.74, 6) is 0.576. The Kier molecular flexibility index (Phi) is 5.80. The number of nitrogens with one attached hydrogen (secondary N) is 1. The van der Waals surface area contributed by atoms with Gasteiger partial charge in [-0.2, -0.15) is 5.10 Å². The Morgan fingerprint density at radius 3 is 2.62 bits per heavy atom. The highest BCUT2D eigenvalue weighted by molar-refractivity contribution is 8.15. The normalized spacial score (nSPS) is 20.5. The van der Waals surface area contributed by atoms with Crippen molar-refractivity contribution in [1.82, 2.24) is 5.32 Å². The van der Waals surface area contributed by atoms with Crippen LogP contribution in [0.5, 0.6) is 11.5 Å². The van der Waals surface area contributed by atoms with Crippen LogP contribution in [-0.4, -0.2) is 39.9 Å². The van der Waals surface area contributed by atoms with Gasteiger partial charge in [0.25, 0.3) is 5.97 Å². The van der Waals surface area contributed by atoms with Crippen molar-refractivity contribution in [3.63, 3.8) is 0 Å². The minimum atomic E-state index is -0.833. The van der Waals surface area contributed by atoms with Gasteiger partial charge in [-0.15, -0.1) is 5.10 Å². The second-order valence-electron chi connectivity index (χ2n) is 4.93. The first-order valence-corrected chi connectivity index (χ1v) is 7.94. The van der Waals surface area contributed by atoms with E-state index in [0.717, 1.165) is 23.9 Å². The predicted molar refractivity (Wildman–Crippen MR) is 90.7 cm³/mol. The van der Waals surface area contributed by atoms with Gasteiger partial charge in [0.1, 0.15) is 0 Å². The third-order valence-electron chi connectivity index (χ3n) is 2.97. The molecule has 0 radical (unpaired) electrons. The topological polar surface area (TPSA) is 110 Å². The molecule has 1 unspecified atom stereocenters. The van der Waals surface area contributed by atoms with Gasteiger partial charge in [-0.1, -0.05) is 11.8 Å². The smallest absolute Gasteiger partial charge is 0.300 e. The number of carbonyl (C=O) groups is 2. The van der Waals surface area contributed by atoms with Crippen molar-refractivity contribution < 1.29 is 24.2 Å². The van der Waals surface area contributed by atoms with E-state index in [9.17, 15) is 4.79 Å². The van der Waals surface area contributed by atoms with Crippen molar-refractivity contribution in [1.29, 1.82) is 0 Å². The zero-order valence-electron chi connectivity index (χ0n) is 13.4. The molecule has 24 heavy (non-hydrogen) atoms. The number of carbonyl (C=O) groups excluding carboxylic acids is 1. The molecule has 1 atom stereocenters. The molecule has 1 amide bonds. The molecule has 2 N–H and O–H groups in total. The number of fused-ring (bicyclic) bond motifs is 1. The molecule has 1 fully saturated rings. The maximum Gasteiger partial charge on any atom is 0.300 e. The maximum absolute atomic E-state index is 11.3. The highest BCUT2D eigenvalue weighted by atomic mass is 32.2. The van der Waals surface area contributed by atoms with Gasteiger partial charge in [0.15, 0.2) is 16.7 Å². The molecule has 0 spiro atoms. The van der Waals surface area contributed by atoms with E-state index in [4.69, 9.17) is 19.4 Å². The van der Waals surface area contributed by atoms with Crippen LogP contribution < -0.4 is 14.8 Å². The number of carboxylic acids is 1. The van der Waals surface area contributed by atoms with Crippen LogP contribution in [0.15, 0.2) is 28.4 Å². The summed E-state index contributed by atoms with van der Waals surface area (Å²) < 4.78 is 10.6. The molecule has 128 valence electrons. The van der Waals surface area contributed by atoms with Crippen LogP contribution in [-0.2, 0) is 9.59 Å². The van der Waals surface area contributed by atoms with E-state index in [0.29, 0.717) is 10.9 Å². The molecular formula is C15H17N3O5S. The summed E-state index contributed by atoms with van der Waals surface area (Å²) in [6.45, 7) is 5.02. The monoisotopic (exact) mass is 351 g/mol. The molecule has 9 heteroatoms. The average Bonchev–Trinajstić information content (AvgIpc) is 3.10. The average molecular weight is 351 g/mol. The van der Waals surface area contributed by atoms with Crippen molar-refractivity contribution in [3.05, 3.63) is 23.8 Å². The molecule has 0 aliphatic carbocycles. The number of hydrogen-bond donors (Lipinski definition) is 2. The van der Waals surface area contributed by atoms with Gasteiger partial charge in [-0.05, 0) is 32.0 Å². The van der Waals surface area contributed by atoms with Gasteiger partial charge in [-0.3, -0.25) is 9.59 Å². The Hall–Kier alpha value is -2.55. The first kappa shape index (κ1) is 17.8. The Labute approximate surface area is 142 Å². The summed E-state index contributed by atoms with van der Waals surface area (Å²) >= 11 is 1.37. The molecule has 2 heterocycles. The largest absolute Gasteiger partial charge is 0.481 e. The summed E-state index contributed by atoms with van der Waals surface area (Å²) in [5.41, 5.74) is 1.64. The van der Waals surface area contributed by atoms with Crippen LogP contribution in [0.1, 0.15) is 26.3 Å². The summed E-state index contributed by atoms with van der Waals surface area (Å²) in [7, 11) is 0. The minimum absolute atomic E-state index is 0.0373. The van der Waals surface area contributed by atoms with Crippen LogP contribution in [0, 0.1) is 0 Å². The van der Waals surface area contributed by atoms with E-state index in [1.165, 1.54) is 11.8 Å². The number of thioether (sulfide) groups is 1. The highest BCUT2D eigenvalue weighted by Gasteiger charge is 2.25. The second kappa shape index (κ2) is 7.82. The van der Waals surface area contributed by atoms with Gasteiger partial charge in [0.2, 0.25) is 12.7 Å². The van der Waals surface area contributed by atoms with Gasteiger partial charge in [0, 0.05) is 12.5 Å². The standard InChI is InChI=1S/C13H13N3O3S.C2H4O2/c1-7(15-16-13-14-12(17)8(2)20-13)9-3-4-10-11(5-9)19-6-18-10;1-2(3)4/h3-5,8H,6H2,1-2H3,(H,14,16,17);1H3,(H,3,4)/b15-7+;. The lowest BCUT2D eigenvalue weighted by Crippen LogP contribution is -2.23. The number of hydrogen-bond acceptors (Lipinski definition) is 7. The summed E-state index contributed by atoms with van der Waals surface area (Å²) in [6, 6.07) is 5.61. The predicted octanol–water partition coefficient (Wildman–Crippen LogP) is 1.84. The van der Waals surface area contributed by atoms with Crippen molar-refractivity contribution in [3.8, 4) is 11.5 Å². The summed E-state index contributed by atoms with van der Waals surface area (Å²) in [6.07, 6.45) is 0. The van der Waals surface area contributed by atoms with E-state index >= 15 is 0 Å². The number of rotatable bonds is 2. The molecule has 0 aromatic heterocycles. The SMILES string of the molecule is C/C(=N\N=C1\NC(=O)C(C)S1)c1ccc2c(c1)OCO2.CC(=O)O. The van der Waals surface area contributed by atoms with E-state index in [1.54, 1.807) is 0 Å². The fraction of sp³-hybridized carbons (Fsp3) is 0.333. The minimum Gasteiger partial charge on any atom is -0.481 e. The van der Waals surface area contributed by atoms with Crippen molar-refractivity contribution in [2.45, 2.75) is 26.0 Å². The van der Waals surface area contributed by atoms with E-state index in [1.807, 2.05) is 32.0 Å². The lowest BCUT2D eigenvalue weighted by Gasteiger charge is -2.01. The lowest BCUT2D eigenvalue weighted by atomic mass is 10.1. The molecule has 0 saturated carbocycles. The Balaban J connectivity index is 0.000000471. The Bertz CT molecular complexity index is 713. The molecule has 8 nitrogen and oxygen atoms in total. The first-order valence-electron chi connectivity index (χ1n) is 7.06. The number of nitrogens with zero attached hydrogens (tertiary/aromatic N) is 2. The third kappa shape index (κ3) is 4.72. The lowest BCUT2D eigenvalue weighted by molar-refractivity contribution is -0.134. The zero-order chi connectivity index (χ0) is 17.7. The first-order chi connectivity index (χ1) is 11.4. The fourth-order valence-corrected chi connectivity index (χ4v) is 2.55.